The molecule has 0 aliphatic carbocycles. The summed E-state index contributed by atoms with van der Waals surface area (Å²) in [6, 6.07) is 10.3. The number of rotatable bonds is 6. The highest BCUT2D eigenvalue weighted by molar-refractivity contribution is 7.54. The number of hydrogen-bond acceptors (Lipinski definition) is 4. The largest absolute Gasteiger partial charge is 0.433 e. The van der Waals surface area contributed by atoms with Gasteiger partial charge in [0.05, 0.1) is 6.26 Å². The van der Waals surface area contributed by atoms with E-state index >= 15 is 0 Å². The zero-order chi connectivity index (χ0) is 16.3. The molecule has 118 valence electrons. The highest BCUT2D eigenvalue weighted by Crippen LogP contribution is 2.51. The predicted octanol–water partition coefficient (Wildman–Crippen LogP) is 3.12. The lowest BCUT2D eigenvalue weighted by Crippen LogP contribution is -2.24. The maximum Gasteiger partial charge on any atom is 0.396 e. The zero-order valence-electron chi connectivity index (χ0n) is 13.0. The average Bonchev–Trinajstić information content (AvgIpc) is 2.94. The molecular weight excluding hydrogens is 303 g/mol. The van der Waals surface area contributed by atoms with Gasteiger partial charge >= 0.3 is 13.6 Å². The predicted molar refractivity (Wildman–Crippen MR) is 84.2 cm³/mol. The van der Waals surface area contributed by atoms with Crippen LogP contribution in [0.1, 0.15) is 15.9 Å². The van der Waals surface area contributed by atoms with Gasteiger partial charge in [-0.1, -0.05) is 30.3 Å². The van der Waals surface area contributed by atoms with Gasteiger partial charge in [-0.15, -0.1) is 0 Å². The third-order valence-electron chi connectivity index (χ3n) is 3.12. The van der Waals surface area contributed by atoms with E-state index in [1.54, 1.807) is 52.5 Å². The molecule has 0 radical (unpaired) electrons. The van der Waals surface area contributed by atoms with Crippen molar-refractivity contribution in [3.63, 3.8) is 0 Å². The number of ketones is 1. The Morgan fingerprint density at radius 2 is 1.64 bits per heavy atom. The quantitative estimate of drug-likeness (QED) is 0.601. The van der Waals surface area contributed by atoms with Crippen molar-refractivity contribution in [2.24, 2.45) is 0 Å². The molecule has 1 aromatic carbocycles. The van der Waals surface area contributed by atoms with E-state index in [0.717, 1.165) is 0 Å². The van der Waals surface area contributed by atoms with Gasteiger partial charge in [0.2, 0.25) is 0 Å². The third-order valence-corrected chi connectivity index (χ3v) is 5.55. The molecule has 0 atom stereocenters. The summed E-state index contributed by atoms with van der Waals surface area (Å²) in [6.45, 7) is 0. The van der Waals surface area contributed by atoms with Crippen molar-refractivity contribution in [1.82, 2.24) is 9.34 Å². The van der Waals surface area contributed by atoms with Gasteiger partial charge in [0, 0.05) is 5.56 Å². The molecule has 1 heterocycles. The number of carbonyl (C=O) groups excluding carboxylic acids is 1. The van der Waals surface area contributed by atoms with E-state index in [2.05, 4.69) is 0 Å². The Hall–Kier alpha value is -1.88. The molecule has 0 saturated carbocycles. The third kappa shape index (κ3) is 3.14. The van der Waals surface area contributed by atoms with E-state index in [1.165, 1.54) is 21.7 Å². The standard InChI is InChI=1S/C15H19N2O4P/c1-16(2)22(19,17(3)4)21-15-13(10-11-20-15)14(18)12-8-6-5-7-9-12/h5-11H,1-4H3. The average molecular weight is 322 g/mol. The van der Waals surface area contributed by atoms with Crippen molar-refractivity contribution >= 4 is 13.5 Å². The normalized spacial score (nSPS) is 11.9. The maximum atomic E-state index is 12.8. The molecule has 22 heavy (non-hydrogen) atoms. The Bertz CT molecular complexity index is 683. The van der Waals surface area contributed by atoms with Crippen LogP contribution in [0.3, 0.4) is 0 Å². The van der Waals surface area contributed by atoms with Gasteiger partial charge in [-0.05, 0) is 34.3 Å². The maximum absolute atomic E-state index is 12.8. The molecule has 0 unspecified atom stereocenters. The van der Waals surface area contributed by atoms with Crippen LogP contribution in [-0.4, -0.2) is 43.3 Å². The molecule has 0 bridgehead atoms. The fourth-order valence-corrected chi connectivity index (χ4v) is 3.31. The van der Waals surface area contributed by atoms with Crippen molar-refractivity contribution in [1.29, 1.82) is 0 Å². The molecule has 0 amide bonds. The SMILES string of the molecule is CN(C)P(=O)(Oc1occc1C(=O)c1ccccc1)N(C)C. The molecule has 0 spiro atoms. The number of hydrogen-bond donors (Lipinski definition) is 0. The van der Waals surface area contributed by atoms with E-state index in [9.17, 15) is 9.36 Å². The molecule has 0 aliphatic heterocycles. The van der Waals surface area contributed by atoms with Gasteiger partial charge in [-0.3, -0.25) is 4.79 Å². The van der Waals surface area contributed by atoms with E-state index in [4.69, 9.17) is 8.94 Å². The van der Waals surface area contributed by atoms with Gasteiger partial charge in [-0.25, -0.2) is 13.9 Å². The molecule has 7 heteroatoms. The molecule has 6 nitrogen and oxygen atoms in total. The van der Waals surface area contributed by atoms with Gasteiger partial charge in [0.15, 0.2) is 5.78 Å². The van der Waals surface area contributed by atoms with Crippen LogP contribution in [0.2, 0.25) is 0 Å². The summed E-state index contributed by atoms with van der Waals surface area (Å²) in [4.78, 5) is 12.5. The number of benzene rings is 1. The smallest absolute Gasteiger partial charge is 0.396 e. The monoisotopic (exact) mass is 322 g/mol. The van der Waals surface area contributed by atoms with Crippen LogP contribution in [0.4, 0.5) is 0 Å². The first-order chi connectivity index (χ1) is 10.4. The van der Waals surface area contributed by atoms with Gasteiger partial charge in [0.25, 0.3) is 0 Å². The summed E-state index contributed by atoms with van der Waals surface area (Å²) in [5.41, 5.74) is 0.758. The molecule has 2 aromatic rings. The second kappa shape index (κ2) is 6.48. The first-order valence-corrected chi connectivity index (χ1v) is 8.22. The van der Waals surface area contributed by atoms with Crippen LogP contribution in [-0.2, 0) is 4.57 Å². The van der Waals surface area contributed by atoms with Crippen molar-refractivity contribution in [3.8, 4) is 5.95 Å². The van der Waals surface area contributed by atoms with Crippen LogP contribution in [0.5, 0.6) is 5.95 Å². The van der Waals surface area contributed by atoms with Gasteiger partial charge < -0.3 is 8.94 Å². The lowest BCUT2D eigenvalue weighted by molar-refractivity contribution is 0.103. The molecule has 2 rings (SSSR count). The summed E-state index contributed by atoms with van der Waals surface area (Å²) in [7, 11) is 3.28. The minimum Gasteiger partial charge on any atom is -0.433 e. The fourth-order valence-electron chi connectivity index (χ4n) is 1.91. The molecule has 0 fully saturated rings. The minimum atomic E-state index is -3.29. The van der Waals surface area contributed by atoms with E-state index in [1.807, 2.05) is 6.07 Å². The molecule has 0 saturated heterocycles. The first kappa shape index (κ1) is 16.5. The van der Waals surface area contributed by atoms with Crippen LogP contribution in [0.15, 0.2) is 47.1 Å². The highest BCUT2D eigenvalue weighted by Gasteiger charge is 2.34. The summed E-state index contributed by atoms with van der Waals surface area (Å²) < 4.78 is 26.6. The van der Waals surface area contributed by atoms with Gasteiger partial charge in [0.1, 0.15) is 5.56 Å². The first-order valence-electron chi connectivity index (χ1n) is 6.68. The Labute approximate surface area is 129 Å². The van der Waals surface area contributed by atoms with Gasteiger partial charge in [-0.2, -0.15) is 0 Å². The topological polar surface area (TPSA) is 63.0 Å². The second-order valence-corrected chi connectivity index (χ2v) is 7.86. The van der Waals surface area contributed by atoms with Crippen molar-refractivity contribution < 1.29 is 18.3 Å². The minimum absolute atomic E-state index is 0.0420. The summed E-state index contributed by atoms with van der Waals surface area (Å²) in [5.74, 6) is -0.284. The Morgan fingerprint density at radius 3 is 2.18 bits per heavy atom. The molecular formula is C15H19N2O4P. The number of nitrogens with zero attached hydrogens (tertiary/aromatic N) is 2. The van der Waals surface area contributed by atoms with E-state index in [0.29, 0.717) is 5.56 Å². The Morgan fingerprint density at radius 1 is 1.05 bits per heavy atom. The van der Waals surface area contributed by atoms with E-state index in [-0.39, 0.29) is 17.3 Å². The van der Waals surface area contributed by atoms with Crippen LogP contribution >= 0.6 is 7.67 Å². The van der Waals surface area contributed by atoms with Crippen molar-refractivity contribution in [3.05, 3.63) is 53.8 Å². The molecule has 0 aliphatic rings. The molecule has 0 N–H and O–H groups in total. The lowest BCUT2D eigenvalue weighted by atomic mass is 10.1. The second-order valence-electron chi connectivity index (χ2n) is 5.09. The lowest BCUT2D eigenvalue weighted by Gasteiger charge is -2.28. The van der Waals surface area contributed by atoms with E-state index < -0.39 is 7.67 Å². The summed E-state index contributed by atoms with van der Waals surface area (Å²) >= 11 is 0. The van der Waals surface area contributed by atoms with Crippen LogP contribution in [0, 0.1) is 0 Å². The summed E-state index contributed by atoms with van der Waals surface area (Å²) in [6.07, 6.45) is 1.35. The molecule has 1 aromatic heterocycles. The Kier molecular flexibility index (Phi) is 4.86. The zero-order valence-corrected chi connectivity index (χ0v) is 13.9. The van der Waals surface area contributed by atoms with Crippen LogP contribution in [0.25, 0.3) is 0 Å². The fraction of sp³-hybridized carbons (Fsp3) is 0.267. The summed E-state index contributed by atoms with van der Waals surface area (Å²) in [5, 5.41) is 0. The van der Waals surface area contributed by atoms with Crippen LogP contribution < -0.4 is 4.52 Å². The number of furan rings is 1. The number of carbonyl (C=O) groups is 1. The Balaban J connectivity index is 2.35. The highest BCUT2D eigenvalue weighted by atomic mass is 31.2. The van der Waals surface area contributed by atoms with Crippen molar-refractivity contribution in [2.75, 3.05) is 28.2 Å². The van der Waals surface area contributed by atoms with Crippen molar-refractivity contribution in [2.45, 2.75) is 0 Å².